The van der Waals surface area contributed by atoms with Gasteiger partial charge in [-0.1, -0.05) is 29.8 Å². The Morgan fingerprint density at radius 2 is 1.96 bits per heavy atom. The van der Waals surface area contributed by atoms with Gasteiger partial charge in [0.15, 0.2) is 5.82 Å². The Labute approximate surface area is 158 Å². The molecule has 1 aromatic carbocycles. The first-order chi connectivity index (χ1) is 11.8. The number of rotatable bonds is 4. The summed E-state index contributed by atoms with van der Waals surface area (Å²) in [6.07, 6.45) is -1.59. The minimum absolute atomic E-state index is 0. The summed E-state index contributed by atoms with van der Waals surface area (Å²) in [7, 11) is 0. The van der Waals surface area contributed by atoms with Crippen molar-refractivity contribution < 1.29 is 18.3 Å². The van der Waals surface area contributed by atoms with Gasteiger partial charge >= 0.3 is 6.18 Å². The van der Waals surface area contributed by atoms with E-state index in [2.05, 4.69) is 4.98 Å². The summed E-state index contributed by atoms with van der Waals surface area (Å²) in [6.45, 7) is -0.168. The highest BCUT2D eigenvalue weighted by Gasteiger charge is 2.31. The second-order valence-electron chi connectivity index (χ2n) is 5.72. The molecule has 140 valence electrons. The average Bonchev–Trinajstić information content (AvgIpc) is 2.92. The molecule has 0 fully saturated rings. The summed E-state index contributed by atoms with van der Waals surface area (Å²) in [6, 6.07) is 7.78. The van der Waals surface area contributed by atoms with Crippen LogP contribution in [0.5, 0.6) is 0 Å². The van der Waals surface area contributed by atoms with Crippen LogP contribution in [-0.4, -0.2) is 27.3 Å². The molecule has 0 radical (unpaired) electrons. The van der Waals surface area contributed by atoms with E-state index in [1.165, 1.54) is 0 Å². The van der Waals surface area contributed by atoms with Crippen molar-refractivity contribution in [2.24, 2.45) is 5.73 Å². The van der Waals surface area contributed by atoms with Gasteiger partial charge in [0, 0.05) is 23.8 Å². The van der Waals surface area contributed by atoms with Crippen molar-refractivity contribution in [2.45, 2.75) is 18.6 Å². The topological polar surface area (TPSA) is 64.1 Å². The quantitative estimate of drug-likeness (QED) is 0.689. The van der Waals surface area contributed by atoms with Crippen molar-refractivity contribution in [3.63, 3.8) is 0 Å². The molecule has 0 bridgehead atoms. The van der Waals surface area contributed by atoms with Crippen LogP contribution in [-0.2, 0) is 12.6 Å². The Morgan fingerprint density at radius 1 is 1.27 bits per heavy atom. The van der Waals surface area contributed by atoms with Crippen LogP contribution in [0.3, 0.4) is 0 Å². The van der Waals surface area contributed by atoms with Crippen molar-refractivity contribution in [3.8, 4) is 5.82 Å². The summed E-state index contributed by atoms with van der Waals surface area (Å²) < 4.78 is 40.0. The number of alkyl halides is 3. The third kappa shape index (κ3) is 3.96. The van der Waals surface area contributed by atoms with Crippen LogP contribution in [0.25, 0.3) is 16.7 Å². The number of fused-ring (bicyclic) bond motifs is 1. The first kappa shape index (κ1) is 20.5. The Kier molecular flexibility index (Phi) is 6.18. The molecule has 4 nitrogen and oxygen atoms in total. The Hall–Kier alpha value is -1.80. The smallest absolute Gasteiger partial charge is 0.395 e. The molecule has 3 aromatic rings. The summed E-state index contributed by atoms with van der Waals surface area (Å²) in [5.41, 5.74) is 6.52. The molecule has 2 heterocycles. The lowest BCUT2D eigenvalue weighted by Gasteiger charge is -2.10. The van der Waals surface area contributed by atoms with E-state index < -0.39 is 17.8 Å². The SMILES string of the molecule is Cl.NC(CO)Cc1cn(-c2ncc(C(F)(F)F)cc2Cl)c2ccccc12. The molecule has 9 heteroatoms. The summed E-state index contributed by atoms with van der Waals surface area (Å²) >= 11 is 6.06. The van der Waals surface area contributed by atoms with E-state index in [0.717, 1.165) is 28.7 Å². The van der Waals surface area contributed by atoms with Crippen LogP contribution in [0, 0.1) is 0 Å². The van der Waals surface area contributed by atoms with Gasteiger partial charge in [-0.05, 0) is 24.1 Å². The number of nitrogens with zero attached hydrogens (tertiary/aromatic N) is 2. The number of aliphatic hydroxyl groups excluding tert-OH is 1. The van der Waals surface area contributed by atoms with Gasteiger partial charge in [-0.3, -0.25) is 4.57 Å². The zero-order valence-corrected chi connectivity index (χ0v) is 14.9. The Balaban J connectivity index is 0.00000243. The molecule has 3 rings (SSSR count). The molecule has 0 spiro atoms. The van der Waals surface area contributed by atoms with Crippen molar-refractivity contribution >= 4 is 34.9 Å². The second-order valence-corrected chi connectivity index (χ2v) is 6.12. The standard InChI is InChI=1S/C17H15ClF3N3O.ClH/c18-14-6-11(17(19,20)21)7-23-16(14)24-8-10(5-12(22)9-25)13-3-1-2-4-15(13)24;/h1-4,6-8,12,25H,5,9,22H2;1H. The van der Waals surface area contributed by atoms with Crippen LogP contribution in [0.4, 0.5) is 13.2 Å². The van der Waals surface area contributed by atoms with Crippen LogP contribution in [0.2, 0.25) is 5.02 Å². The Bertz CT molecular complexity index is 912. The predicted octanol–water partition coefficient (Wildman–Crippen LogP) is 3.98. The van der Waals surface area contributed by atoms with Gasteiger partial charge in [-0.2, -0.15) is 13.2 Å². The van der Waals surface area contributed by atoms with E-state index >= 15 is 0 Å². The van der Waals surface area contributed by atoms with Crippen LogP contribution in [0.1, 0.15) is 11.1 Å². The van der Waals surface area contributed by atoms with E-state index in [1.807, 2.05) is 24.3 Å². The zero-order valence-electron chi connectivity index (χ0n) is 13.4. The normalized spacial score (nSPS) is 12.8. The second kappa shape index (κ2) is 7.84. The highest BCUT2D eigenvalue weighted by atomic mass is 35.5. The molecule has 0 saturated heterocycles. The fraction of sp³-hybridized carbons (Fsp3) is 0.235. The number of benzene rings is 1. The first-order valence-electron chi connectivity index (χ1n) is 7.49. The van der Waals surface area contributed by atoms with Gasteiger partial charge in [0.05, 0.1) is 22.7 Å². The van der Waals surface area contributed by atoms with E-state index in [-0.39, 0.29) is 29.9 Å². The average molecular weight is 406 g/mol. The van der Waals surface area contributed by atoms with Gasteiger partial charge in [0.25, 0.3) is 0 Å². The molecular formula is C17H16Cl2F3N3O. The number of nitrogens with two attached hydrogens (primary N) is 1. The van der Waals surface area contributed by atoms with E-state index in [0.29, 0.717) is 6.42 Å². The van der Waals surface area contributed by atoms with E-state index in [4.69, 9.17) is 17.3 Å². The summed E-state index contributed by atoms with van der Waals surface area (Å²) in [4.78, 5) is 3.91. The fourth-order valence-electron chi connectivity index (χ4n) is 2.70. The van der Waals surface area contributed by atoms with Crippen LogP contribution < -0.4 is 5.73 Å². The van der Waals surface area contributed by atoms with E-state index in [9.17, 15) is 18.3 Å². The minimum Gasteiger partial charge on any atom is -0.395 e. The molecule has 1 atom stereocenters. The first-order valence-corrected chi connectivity index (χ1v) is 7.87. The van der Waals surface area contributed by atoms with Gasteiger partial charge in [0.2, 0.25) is 0 Å². The number of para-hydroxylation sites is 1. The lowest BCUT2D eigenvalue weighted by molar-refractivity contribution is -0.137. The van der Waals surface area contributed by atoms with E-state index in [1.54, 1.807) is 10.8 Å². The molecule has 0 saturated carbocycles. The lowest BCUT2D eigenvalue weighted by Crippen LogP contribution is -2.26. The van der Waals surface area contributed by atoms with Crippen LogP contribution >= 0.6 is 24.0 Å². The lowest BCUT2D eigenvalue weighted by atomic mass is 10.1. The third-order valence-corrected chi connectivity index (χ3v) is 4.17. The van der Waals surface area contributed by atoms with Gasteiger partial charge in [-0.25, -0.2) is 4.98 Å². The van der Waals surface area contributed by atoms with Gasteiger partial charge < -0.3 is 10.8 Å². The van der Waals surface area contributed by atoms with Crippen molar-refractivity contribution in [2.75, 3.05) is 6.61 Å². The predicted molar refractivity (Wildman–Crippen MR) is 97.1 cm³/mol. The maximum absolute atomic E-state index is 12.8. The molecule has 3 N–H and O–H groups in total. The maximum atomic E-state index is 12.8. The maximum Gasteiger partial charge on any atom is 0.417 e. The molecular weight excluding hydrogens is 390 g/mol. The number of hydrogen-bond donors (Lipinski definition) is 2. The number of hydrogen-bond acceptors (Lipinski definition) is 3. The molecule has 0 aliphatic heterocycles. The molecule has 0 amide bonds. The molecule has 26 heavy (non-hydrogen) atoms. The molecule has 0 aliphatic rings. The Morgan fingerprint density at radius 3 is 2.58 bits per heavy atom. The number of aliphatic hydroxyl groups is 1. The van der Waals surface area contributed by atoms with Crippen molar-refractivity contribution in [3.05, 3.63) is 58.9 Å². The van der Waals surface area contributed by atoms with Gasteiger partial charge in [0.1, 0.15) is 0 Å². The number of aromatic nitrogens is 2. The summed E-state index contributed by atoms with van der Waals surface area (Å²) in [5.74, 6) is 0.203. The minimum atomic E-state index is -4.51. The summed E-state index contributed by atoms with van der Waals surface area (Å²) in [5, 5.41) is 9.95. The molecule has 0 aliphatic carbocycles. The fourth-order valence-corrected chi connectivity index (χ4v) is 2.96. The molecule has 1 unspecified atom stereocenters. The highest BCUT2D eigenvalue weighted by molar-refractivity contribution is 6.32. The molecule has 2 aromatic heterocycles. The monoisotopic (exact) mass is 405 g/mol. The third-order valence-electron chi connectivity index (χ3n) is 3.89. The number of halogens is 5. The van der Waals surface area contributed by atoms with Crippen molar-refractivity contribution in [1.29, 1.82) is 0 Å². The largest absolute Gasteiger partial charge is 0.417 e. The zero-order chi connectivity index (χ0) is 18.2. The highest BCUT2D eigenvalue weighted by Crippen LogP contribution is 2.33. The number of pyridine rings is 1. The van der Waals surface area contributed by atoms with Crippen LogP contribution in [0.15, 0.2) is 42.7 Å². The van der Waals surface area contributed by atoms with Crippen molar-refractivity contribution in [1.82, 2.24) is 9.55 Å². The van der Waals surface area contributed by atoms with Gasteiger partial charge in [-0.15, -0.1) is 12.4 Å².